The number of hydrogen-bond acceptors (Lipinski definition) is 2. The number of likely N-dealkylation sites (N-methyl/N-ethyl adjacent to an activating group) is 1. The van der Waals surface area contributed by atoms with Crippen LogP contribution in [0.3, 0.4) is 0 Å². The Balaban J connectivity index is 2.60. The fraction of sp³-hybridized carbons (Fsp3) is 0.900. The van der Waals surface area contributed by atoms with Crippen LogP contribution in [0.1, 0.15) is 27.2 Å². The lowest BCUT2D eigenvalue weighted by atomic mass is 9.99. The highest BCUT2D eigenvalue weighted by Crippen LogP contribution is 2.18. The van der Waals surface area contributed by atoms with Crippen molar-refractivity contribution in [1.82, 2.24) is 9.80 Å². The summed E-state index contributed by atoms with van der Waals surface area (Å²) in [5.41, 5.74) is 0.128. The summed E-state index contributed by atoms with van der Waals surface area (Å²) in [6, 6.07) is 0. The zero-order chi connectivity index (χ0) is 10.1. The molecular formula is C10H20N2O. The Morgan fingerprint density at radius 1 is 1.38 bits per heavy atom. The first-order valence-corrected chi connectivity index (χ1v) is 4.96. The summed E-state index contributed by atoms with van der Waals surface area (Å²) in [5, 5.41) is 0. The maximum atomic E-state index is 11.5. The molecule has 0 radical (unpaired) electrons. The number of carbonyl (C=O) groups excluding carboxylic acids is 1. The van der Waals surface area contributed by atoms with Crippen LogP contribution in [0.4, 0.5) is 0 Å². The molecule has 1 saturated heterocycles. The van der Waals surface area contributed by atoms with E-state index in [2.05, 4.69) is 25.8 Å². The van der Waals surface area contributed by atoms with Crippen LogP contribution in [0, 0.1) is 0 Å². The quantitative estimate of drug-likeness (QED) is 0.606. The molecule has 3 nitrogen and oxygen atoms in total. The SMILES string of the molecule is CCC(=O)N1CCN(C)C(C)(C)C1. The Kier molecular flexibility index (Phi) is 2.96. The highest BCUT2D eigenvalue weighted by molar-refractivity contribution is 5.76. The topological polar surface area (TPSA) is 23.6 Å². The highest BCUT2D eigenvalue weighted by atomic mass is 16.2. The first-order valence-electron chi connectivity index (χ1n) is 4.96. The van der Waals surface area contributed by atoms with Crippen molar-refractivity contribution in [2.45, 2.75) is 32.7 Å². The second-order valence-corrected chi connectivity index (χ2v) is 4.40. The molecule has 0 aromatic rings. The van der Waals surface area contributed by atoms with E-state index in [1.54, 1.807) is 0 Å². The minimum atomic E-state index is 0.128. The molecule has 1 aliphatic heterocycles. The van der Waals surface area contributed by atoms with E-state index in [4.69, 9.17) is 0 Å². The maximum absolute atomic E-state index is 11.5. The van der Waals surface area contributed by atoms with Crippen LogP contribution in [0.15, 0.2) is 0 Å². The lowest BCUT2D eigenvalue weighted by Gasteiger charge is -2.45. The molecule has 1 heterocycles. The summed E-state index contributed by atoms with van der Waals surface area (Å²) in [4.78, 5) is 15.8. The number of nitrogens with zero attached hydrogens (tertiary/aromatic N) is 2. The fourth-order valence-electron chi connectivity index (χ4n) is 1.68. The first kappa shape index (κ1) is 10.5. The van der Waals surface area contributed by atoms with Gasteiger partial charge in [0.1, 0.15) is 0 Å². The molecule has 76 valence electrons. The summed E-state index contributed by atoms with van der Waals surface area (Å²) in [7, 11) is 2.12. The van der Waals surface area contributed by atoms with Crippen LogP contribution >= 0.6 is 0 Å². The van der Waals surface area contributed by atoms with Crippen molar-refractivity contribution in [1.29, 1.82) is 0 Å². The van der Waals surface area contributed by atoms with Crippen LogP contribution in [0.5, 0.6) is 0 Å². The standard InChI is InChI=1S/C10H20N2O/c1-5-9(13)12-7-6-11(4)10(2,3)8-12/h5-8H2,1-4H3. The van der Waals surface area contributed by atoms with Crippen molar-refractivity contribution < 1.29 is 4.79 Å². The molecule has 0 bridgehead atoms. The summed E-state index contributed by atoms with van der Waals surface area (Å²) in [6.07, 6.45) is 0.625. The third-order valence-corrected chi connectivity index (χ3v) is 2.97. The molecule has 3 heteroatoms. The zero-order valence-corrected chi connectivity index (χ0v) is 9.13. The molecule has 0 aromatic carbocycles. The summed E-state index contributed by atoms with van der Waals surface area (Å²) >= 11 is 0. The van der Waals surface area contributed by atoms with E-state index in [-0.39, 0.29) is 11.4 Å². The maximum Gasteiger partial charge on any atom is 0.222 e. The normalized spacial score (nSPS) is 23.2. The van der Waals surface area contributed by atoms with Crippen molar-refractivity contribution in [3.63, 3.8) is 0 Å². The third kappa shape index (κ3) is 2.21. The second kappa shape index (κ2) is 3.66. The van der Waals surface area contributed by atoms with Crippen LogP contribution in [0.25, 0.3) is 0 Å². The lowest BCUT2D eigenvalue weighted by Crippen LogP contribution is -2.58. The van der Waals surface area contributed by atoms with Gasteiger partial charge in [-0.15, -0.1) is 0 Å². The Morgan fingerprint density at radius 2 is 2.00 bits per heavy atom. The molecule has 1 amide bonds. The van der Waals surface area contributed by atoms with Gasteiger partial charge >= 0.3 is 0 Å². The number of amides is 1. The smallest absolute Gasteiger partial charge is 0.222 e. The number of carbonyl (C=O) groups is 1. The van der Waals surface area contributed by atoms with Crippen LogP contribution in [-0.4, -0.2) is 47.9 Å². The molecule has 1 aliphatic rings. The van der Waals surface area contributed by atoms with E-state index in [0.717, 1.165) is 19.6 Å². The zero-order valence-electron chi connectivity index (χ0n) is 9.13. The van der Waals surface area contributed by atoms with Crippen molar-refractivity contribution in [2.24, 2.45) is 0 Å². The van der Waals surface area contributed by atoms with Gasteiger partial charge in [0, 0.05) is 31.6 Å². The van der Waals surface area contributed by atoms with Gasteiger partial charge in [0.15, 0.2) is 0 Å². The van der Waals surface area contributed by atoms with Gasteiger partial charge in [0.2, 0.25) is 5.91 Å². The molecule has 0 N–H and O–H groups in total. The largest absolute Gasteiger partial charge is 0.340 e. The Labute approximate surface area is 80.7 Å². The van der Waals surface area contributed by atoms with Gasteiger partial charge in [-0.05, 0) is 20.9 Å². The predicted molar refractivity (Wildman–Crippen MR) is 53.6 cm³/mol. The number of hydrogen-bond donors (Lipinski definition) is 0. The van der Waals surface area contributed by atoms with Gasteiger partial charge in [-0.1, -0.05) is 6.92 Å². The predicted octanol–water partition coefficient (Wildman–Crippen LogP) is 0.949. The fourth-order valence-corrected chi connectivity index (χ4v) is 1.68. The molecule has 0 unspecified atom stereocenters. The molecule has 13 heavy (non-hydrogen) atoms. The molecule has 0 spiro atoms. The average Bonchev–Trinajstić information content (AvgIpc) is 2.08. The van der Waals surface area contributed by atoms with Gasteiger partial charge in [-0.25, -0.2) is 0 Å². The summed E-state index contributed by atoms with van der Waals surface area (Å²) in [6.45, 7) is 9.01. The van der Waals surface area contributed by atoms with Crippen LogP contribution in [-0.2, 0) is 4.79 Å². The van der Waals surface area contributed by atoms with Gasteiger partial charge in [-0.3, -0.25) is 9.69 Å². The summed E-state index contributed by atoms with van der Waals surface area (Å²) < 4.78 is 0. The van der Waals surface area contributed by atoms with E-state index in [9.17, 15) is 4.79 Å². The van der Waals surface area contributed by atoms with Crippen molar-refractivity contribution in [2.75, 3.05) is 26.7 Å². The molecule has 1 rings (SSSR count). The lowest BCUT2D eigenvalue weighted by molar-refractivity contribution is -0.135. The van der Waals surface area contributed by atoms with E-state index >= 15 is 0 Å². The molecule has 0 atom stereocenters. The van der Waals surface area contributed by atoms with Gasteiger partial charge in [0.05, 0.1) is 0 Å². The van der Waals surface area contributed by atoms with E-state index < -0.39 is 0 Å². The van der Waals surface area contributed by atoms with Gasteiger partial charge in [-0.2, -0.15) is 0 Å². The van der Waals surface area contributed by atoms with Crippen molar-refractivity contribution in [3.05, 3.63) is 0 Å². The molecule has 0 saturated carbocycles. The van der Waals surface area contributed by atoms with Crippen molar-refractivity contribution >= 4 is 5.91 Å². The Morgan fingerprint density at radius 3 is 2.46 bits per heavy atom. The van der Waals surface area contributed by atoms with E-state index in [0.29, 0.717) is 6.42 Å². The Hall–Kier alpha value is -0.570. The summed E-state index contributed by atoms with van der Waals surface area (Å²) in [5.74, 6) is 0.279. The Bertz CT molecular complexity index is 201. The highest BCUT2D eigenvalue weighted by Gasteiger charge is 2.32. The van der Waals surface area contributed by atoms with Gasteiger partial charge in [0.25, 0.3) is 0 Å². The third-order valence-electron chi connectivity index (χ3n) is 2.97. The van der Waals surface area contributed by atoms with E-state index in [1.807, 2.05) is 11.8 Å². The second-order valence-electron chi connectivity index (χ2n) is 4.40. The number of piperazine rings is 1. The number of rotatable bonds is 1. The van der Waals surface area contributed by atoms with Crippen molar-refractivity contribution in [3.8, 4) is 0 Å². The van der Waals surface area contributed by atoms with Crippen LogP contribution < -0.4 is 0 Å². The van der Waals surface area contributed by atoms with E-state index in [1.165, 1.54) is 0 Å². The first-order chi connectivity index (χ1) is 5.97. The molecular weight excluding hydrogens is 164 g/mol. The van der Waals surface area contributed by atoms with Crippen LogP contribution in [0.2, 0.25) is 0 Å². The molecule has 0 aromatic heterocycles. The minimum Gasteiger partial charge on any atom is -0.340 e. The molecule has 1 fully saturated rings. The average molecular weight is 184 g/mol. The van der Waals surface area contributed by atoms with Gasteiger partial charge < -0.3 is 4.90 Å². The molecule has 0 aliphatic carbocycles. The monoisotopic (exact) mass is 184 g/mol. The minimum absolute atomic E-state index is 0.128.